The summed E-state index contributed by atoms with van der Waals surface area (Å²) in [6.45, 7) is 4.93. The quantitative estimate of drug-likeness (QED) is 0.444. The van der Waals surface area contributed by atoms with Gasteiger partial charge in [0, 0.05) is 16.7 Å². The fraction of sp³-hybridized carbons (Fsp3) is 0.238. The molecule has 2 aromatic rings. The highest BCUT2D eigenvalue weighted by Crippen LogP contribution is 2.33. The predicted molar refractivity (Wildman–Crippen MR) is 120 cm³/mol. The SMILES string of the molecule is CCOC(=O)/N=C(/NC(=O)OCC)Nc1ccc(Sc2ccccc2)cc1NC(C)=O. The molecule has 9 nitrogen and oxygen atoms in total. The lowest BCUT2D eigenvalue weighted by molar-refractivity contribution is -0.114. The number of carbonyl (C=O) groups is 3. The molecule has 0 heterocycles. The summed E-state index contributed by atoms with van der Waals surface area (Å²) in [6, 6.07) is 15.1. The summed E-state index contributed by atoms with van der Waals surface area (Å²) in [5, 5.41) is 7.92. The smallest absolute Gasteiger partial charge is 0.436 e. The van der Waals surface area contributed by atoms with Crippen LogP contribution in [0.15, 0.2) is 63.3 Å². The van der Waals surface area contributed by atoms with E-state index in [9.17, 15) is 14.4 Å². The van der Waals surface area contributed by atoms with Crippen molar-refractivity contribution in [3.8, 4) is 0 Å². The Morgan fingerprint density at radius 3 is 2.26 bits per heavy atom. The van der Waals surface area contributed by atoms with Gasteiger partial charge in [-0.15, -0.1) is 4.99 Å². The summed E-state index contributed by atoms with van der Waals surface area (Å²) in [4.78, 5) is 40.9. The molecule has 10 heteroatoms. The molecular formula is C21H24N4O5S. The third-order valence-corrected chi connectivity index (χ3v) is 4.50. The average Bonchev–Trinajstić information content (AvgIpc) is 2.70. The second kappa shape index (κ2) is 12.2. The Morgan fingerprint density at radius 2 is 1.61 bits per heavy atom. The summed E-state index contributed by atoms with van der Waals surface area (Å²) in [5.41, 5.74) is 0.850. The van der Waals surface area contributed by atoms with Crippen molar-refractivity contribution in [1.82, 2.24) is 5.32 Å². The molecule has 0 atom stereocenters. The maximum absolute atomic E-state index is 11.8. The zero-order chi connectivity index (χ0) is 22.6. The number of guanidine groups is 1. The Bertz CT molecular complexity index is 950. The average molecular weight is 445 g/mol. The fourth-order valence-electron chi connectivity index (χ4n) is 2.34. The first-order valence-electron chi connectivity index (χ1n) is 9.52. The van der Waals surface area contributed by atoms with E-state index >= 15 is 0 Å². The van der Waals surface area contributed by atoms with Crippen molar-refractivity contribution in [2.24, 2.45) is 4.99 Å². The zero-order valence-corrected chi connectivity index (χ0v) is 18.2. The van der Waals surface area contributed by atoms with Gasteiger partial charge in [0.1, 0.15) is 0 Å². The van der Waals surface area contributed by atoms with Crippen LogP contribution in [-0.4, -0.2) is 37.3 Å². The van der Waals surface area contributed by atoms with Crippen LogP contribution < -0.4 is 16.0 Å². The number of amides is 3. The van der Waals surface area contributed by atoms with Crippen LogP contribution in [0.3, 0.4) is 0 Å². The number of rotatable bonds is 6. The van der Waals surface area contributed by atoms with Gasteiger partial charge in [-0.05, 0) is 44.2 Å². The minimum atomic E-state index is -0.890. The first kappa shape index (κ1) is 23.7. The standard InChI is InChI=1S/C21H24N4O5S/c1-4-29-20(27)24-19(25-21(28)30-5-2)23-17-12-11-16(13-18(17)22-14(3)26)31-15-9-7-6-8-10-15/h6-13H,4-5H2,1-3H3,(H,22,26)(H2,23,24,25,27,28). The van der Waals surface area contributed by atoms with Crippen molar-refractivity contribution in [1.29, 1.82) is 0 Å². The van der Waals surface area contributed by atoms with E-state index in [-0.39, 0.29) is 25.1 Å². The van der Waals surface area contributed by atoms with Gasteiger partial charge in [-0.25, -0.2) is 9.59 Å². The number of aliphatic imine (C=N–C) groups is 1. The van der Waals surface area contributed by atoms with E-state index in [0.717, 1.165) is 9.79 Å². The van der Waals surface area contributed by atoms with Crippen LogP contribution in [0.25, 0.3) is 0 Å². The minimum Gasteiger partial charge on any atom is -0.450 e. The molecule has 0 bridgehead atoms. The number of anilines is 2. The maximum atomic E-state index is 11.8. The van der Waals surface area contributed by atoms with Gasteiger partial charge >= 0.3 is 12.2 Å². The molecule has 3 amide bonds. The topological polar surface area (TPSA) is 118 Å². The van der Waals surface area contributed by atoms with Crippen LogP contribution in [0.5, 0.6) is 0 Å². The van der Waals surface area contributed by atoms with Crippen molar-refractivity contribution in [3.63, 3.8) is 0 Å². The van der Waals surface area contributed by atoms with Crippen molar-refractivity contribution in [2.45, 2.75) is 30.6 Å². The predicted octanol–water partition coefficient (Wildman–Crippen LogP) is 4.47. The lowest BCUT2D eigenvalue weighted by Crippen LogP contribution is -2.37. The van der Waals surface area contributed by atoms with Crippen molar-refractivity contribution < 1.29 is 23.9 Å². The van der Waals surface area contributed by atoms with Crippen LogP contribution in [0.4, 0.5) is 21.0 Å². The number of benzene rings is 2. The van der Waals surface area contributed by atoms with Gasteiger partial charge in [-0.3, -0.25) is 10.1 Å². The molecule has 31 heavy (non-hydrogen) atoms. The number of nitrogens with zero attached hydrogens (tertiary/aromatic N) is 1. The molecule has 2 rings (SSSR count). The summed E-state index contributed by atoms with van der Waals surface area (Å²) < 4.78 is 9.64. The van der Waals surface area contributed by atoms with Gasteiger partial charge in [-0.1, -0.05) is 30.0 Å². The molecule has 0 saturated carbocycles. The largest absolute Gasteiger partial charge is 0.450 e. The Balaban J connectivity index is 2.31. The molecule has 2 aromatic carbocycles. The van der Waals surface area contributed by atoms with E-state index < -0.39 is 12.2 Å². The van der Waals surface area contributed by atoms with Gasteiger partial charge < -0.3 is 20.1 Å². The van der Waals surface area contributed by atoms with Crippen LogP contribution in [0.2, 0.25) is 0 Å². The highest BCUT2D eigenvalue weighted by Gasteiger charge is 2.14. The number of alkyl carbamates (subject to hydrolysis) is 1. The third kappa shape index (κ3) is 8.39. The zero-order valence-electron chi connectivity index (χ0n) is 17.4. The second-order valence-corrected chi connectivity index (χ2v) is 7.08. The van der Waals surface area contributed by atoms with E-state index in [1.165, 1.54) is 18.7 Å². The van der Waals surface area contributed by atoms with E-state index in [1.54, 1.807) is 26.0 Å². The monoisotopic (exact) mass is 444 g/mol. The van der Waals surface area contributed by atoms with E-state index in [0.29, 0.717) is 11.4 Å². The Labute approximate surface area is 184 Å². The Morgan fingerprint density at radius 1 is 0.903 bits per heavy atom. The first-order valence-corrected chi connectivity index (χ1v) is 10.3. The molecule has 0 saturated heterocycles. The van der Waals surface area contributed by atoms with E-state index in [4.69, 9.17) is 9.47 Å². The number of nitrogens with one attached hydrogen (secondary N) is 3. The van der Waals surface area contributed by atoms with Gasteiger partial charge in [0.15, 0.2) is 0 Å². The number of ether oxygens (including phenoxy) is 2. The van der Waals surface area contributed by atoms with Gasteiger partial charge in [0.05, 0.1) is 24.6 Å². The minimum absolute atomic E-state index is 0.123. The summed E-state index contributed by atoms with van der Waals surface area (Å²) >= 11 is 1.52. The van der Waals surface area contributed by atoms with E-state index in [1.807, 2.05) is 36.4 Å². The van der Waals surface area contributed by atoms with Crippen molar-refractivity contribution in [2.75, 3.05) is 23.8 Å². The summed E-state index contributed by atoms with van der Waals surface area (Å²) in [7, 11) is 0. The molecule has 3 N–H and O–H groups in total. The molecule has 0 unspecified atom stereocenters. The summed E-state index contributed by atoms with van der Waals surface area (Å²) in [5.74, 6) is -0.487. The fourth-order valence-corrected chi connectivity index (χ4v) is 3.22. The summed E-state index contributed by atoms with van der Waals surface area (Å²) in [6.07, 6.45) is -1.69. The van der Waals surface area contributed by atoms with E-state index in [2.05, 4.69) is 20.9 Å². The van der Waals surface area contributed by atoms with Crippen LogP contribution in [0, 0.1) is 0 Å². The Hall–Kier alpha value is -3.53. The van der Waals surface area contributed by atoms with Gasteiger partial charge in [0.25, 0.3) is 0 Å². The van der Waals surface area contributed by atoms with Crippen LogP contribution >= 0.6 is 11.8 Å². The molecule has 0 aromatic heterocycles. The molecule has 0 spiro atoms. The second-order valence-electron chi connectivity index (χ2n) is 5.93. The number of carbonyl (C=O) groups excluding carboxylic acids is 3. The van der Waals surface area contributed by atoms with Crippen molar-refractivity contribution in [3.05, 3.63) is 48.5 Å². The first-order chi connectivity index (χ1) is 14.9. The van der Waals surface area contributed by atoms with Crippen molar-refractivity contribution >= 4 is 47.2 Å². The third-order valence-electron chi connectivity index (χ3n) is 3.50. The maximum Gasteiger partial charge on any atom is 0.436 e. The number of hydrogen-bond acceptors (Lipinski definition) is 6. The molecule has 0 aliphatic heterocycles. The highest BCUT2D eigenvalue weighted by molar-refractivity contribution is 7.99. The molecule has 0 fully saturated rings. The molecule has 0 aliphatic carbocycles. The molecule has 0 aliphatic rings. The van der Waals surface area contributed by atoms with Crippen LogP contribution in [-0.2, 0) is 14.3 Å². The van der Waals surface area contributed by atoms with Crippen LogP contribution in [0.1, 0.15) is 20.8 Å². The van der Waals surface area contributed by atoms with Gasteiger partial charge in [-0.2, -0.15) is 0 Å². The number of hydrogen-bond donors (Lipinski definition) is 3. The molecule has 0 radical (unpaired) electrons. The molecule has 164 valence electrons. The highest BCUT2D eigenvalue weighted by atomic mass is 32.2. The normalized spacial score (nSPS) is 10.7. The Kier molecular flexibility index (Phi) is 9.37. The lowest BCUT2D eigenvalue weighted by Gasteiger charge is -2.16. The molecular weight excluding hydrogens is 420 g/mol. The van der Waals surface area contributed by atoms with Gasteiger partial charge in [0.2, 0.25) is 11.9 Å². The lowest BCUT2D eigenvalue weighted by atomic mass is 10.2.